The fourth-order valence-corrected chi connectivity index (χ4v) is 2.56. The highest BCUT2D eigenvalue weighted by Crippen LogP contribution is 2.28. The number of nitrogens with zero attached hydrogens (tertiary/aromatic N) is 1. The van der Waals surface area contributed by atoms with Crippen LogP contribution < -0.4 is 0 Å². The summed E-state index contributed by atoms with van der Waals surface area (Å²) in [5.74, 6) is 0. The first-order chi connectivity index (χ1) is 8.38. The largest absolute Gasteiger partial charge is 0.296 e. The van der Waals surface area contributed by atoms with Gasteiger partial charge in [-0.15, -0.1) is 0 Å². The van der Waals surface area contributed by atoms with Gasteiger partial charge in [-0.05, 0) is 53.1 Å². The van der Waals surface area contributed by atoms with E-state index in [2.05, 4.69) is 54.2 Å². The third-order valence-electron chi connectivity index (χ3n) is 3.38. The van der Waals surface area contributed by atoms with Crippen LogP contribution in [-0.2, 0) is 13.0 Å². The summed E-state index contributed by atoms with van der Waals surface area (Å²) in [7, 11) is 0. The summed E-state index contributed by atoms with van der Waals surface area (Å²) >= 11 is 0. The molecule has 0 saturated heterocycles. The van der Waals surface area contributed by atoms with E-state index < -0.39 is 0 Å². The maximum atomic E-state index is 3.94. The number of allylic oxidation sites excluding steroid dienone is 1. The van der Waals surface area contributed by atoms with Crippen LogP contribution >= 0.6 is 0 Å². The number of aliphatic imine (C=N–C) groups is 1. The van der Waals surface area contributed by atoms with Gasteiger partial charge in [0.1, 0.15) is 0 Å². The van der Waals surface area contributed by atoms with E-state index in [4.69, 9.17) is 0 Å². The summed E-state index contributed by atoms with van der Waals surface area (Å²) in [5.41, 5.74) is 4.10. The molecule has 17 heavy (non-hydrogen) atoms. The number of fused-ring (bicyclic) bond motifs is 3. The van der Waals surface area contributed by atoms with Crippen LogP contribution in [0, 0.1) is 0 Å². The maximum absolute atomic E-state index is 3.94. The quantitative estimate of drug-likeness (QED) is 0.680. The molecule has 0 amide bonds. The lowest BCUT2D eigenvalue weighted by molar-refractivity contribution is 0.997. The summed E-state index contributed by atoms with van der Waals surface area (Å²) in [6.45, 7) is 4.25. The van der Waals surface area contributed by atoms with Crippen LogP contribution in [-0.4, -0.2) is 6.72 Å². The minimum absolute atomic E-state index is 0.701. The molecule has 1 nitrogen and oxygen atoms in total. The molecular weight excluding hydrogens is 206 g/mol. The van der Waals surface area contributed by atoms with Crippen LogP contribution in [0.5, 0.6) is 0 Å². The standard InChI is InChI=1S/C16H15N/c1-17-11-12-6-9-16-14(10-12)8-7-13-4-2-3-5-15(13)16/h2,4,6-10H,1,3,5,11H2. The summed E-state index contributed by atoms with van der Waals surface area (Å²) in [4.78, 5) is 3.94. The predicted octanol–water partition coefficient (Wildman–Crippen LogP) is 4.00. The fourth-order valence-electron chi connectivity index (χ4n) is 2.56. The Kier molecular flexibility index (Phi) is 2.52. The van der Waals surface area contributed by atoms with Gasteiger partial charge in [0.2, 0.25) is 0 Å². The minimum Gasteiger partial charge on any atom is -0.296 e. The third-order valence-corrected chi connectivity index (χ3v) is 3.38. The van der Waals surface area contributed by atoms with Crippen molar-refractivity contribution in [3.05, 3.63) is 53.1 Å². The van der Waals surface area contributed by atoms with Gasteiger partial charge in [-0.3, -0.25) is 4.99 Å². The summed E-state index contributed by atoms with van der Waals surface area (Å²) in [6.07, 6.45) is 6.80. The SMILES string of the molecule is C=NCc1ccc2c3c(ccc2c1)C=CCC3. The highest BCUT2D eigenvalue weighted by Gasteiger charge is 2.08. The van der Waals surface area contributed by atoms with Gasteiger partial charge < -0.3 is 0 Å². The van der Waals surface area contributed by atoms with Gasteiger partial charge in [0.05, 0.1) is 6.54 Å². The molecule has 0 aromatic heterocycles. The average Bonchev–Trinajstić information content (AvgIpc) is 2.39. The molecule has 0 N–H and O–H groups in total. The molecule has 0 fully saturated rings. The molecule has 0 spiro atoms. The molecule has 2 aromatic carbocycles. The van der Waals surface area contributed by atoms with Crippen LogP contribution in [0.3, 0.4) is 0 Å². The van der Waals surface area contributed by atoms with Crippen molar-refractivity contribution in [2.45, 2.75) is 19.4 Å². The van der Waals surface area contributed by atoms with Crippen LogP contribution in [0.4, 0.5) is 0 Å². The molecule has 0 bridgehead atoms. The van der Waals surface area contributed by atoms with Gasteiger partial charge in [0.25, 0.3) is 0 Å². The molecule has 1 heteroatoms. The van der Waals surface area contributed by atoms with Crippen LogP contribution in [0.1, 0.15) is 23.1 Å². The predicted molar refractivity (Wildman–Crippen MR) is 74.6 cm³/mol. The van der Waals surface area contributed by atoms with E-state index in [0.29, 0.717) is 6.54 Å². The summed E-state index contributed by atoms with van der Waals surface area (Å²) < 4.78 is 0. The molecule has 0 saturated carbocycles. The van der Waals surface area contributed by atoms with Gasteiger partial charge in [-0.1, -0.05) is 36.4 Å². The zero-order valence-corrected chi connectivity index (χ0v) is 9.82. The first kappa shape index (κ1) is 10.3. The first-order valence-corrected chi connectivity index (χ1v) is 6.02. The minimum atomic E-state index is 0.701. The normalized spacial score (nSPS) is 13.6. The van der Waals surface area contributed by atoms with Gasteiger partial charge >= 0.3 is 0 Å². The molecule has 2 aromatic rings. The second-order valence-corrected chi connectivity index (χ2v) is 4.51. The van der Waals surface area contributed by atoms with Gasteiger partial charge in [-0.2, -0.15) is 0 Å². The zero-order valence-electron chi connectivity index (χ0n) is 9.82. The van der Waals surface area contributed by atoms with Crippen molar-refractivity contribution in [3.63, 3.8) is 0 Å². The molecule has 1 aliphatic rings. The van der Waals surface area contributed by atoms with Crippen LogP contribution in [0.15, 0.2) is 41.4 Å². The maximum Gasteiger partial charge on any atom is 0.0632 e. The third kappa shape index (κ3) is 1.78. The Morgan fingerprint density at radius 1 is 1.18 bits per heavy atom. The van der Waals surface area contributed by atoms with Gasteiger partial charge in [0.15, 0.2) is 0 Å². The molecule has 0 heterocycles. The van der Waals surface area contributed by atoms with Crippen molar-refractivity contribution in [1.82, 2.24) is 0 Å². The van der Waals surface area contributed by atoms with E-state index in [1.807, 2.05) is 0 Å². The molecule has 0 unspecified atom stereocenters. The Morgan fingerprint density at radius 3 is 3.00 bits per heavy atom. The molecule has 0 atom stereocenters. The lowest BCUT2D eigenvalue weighted by atomic mass is 9.91. The molecule has 1 aliphatic carbocycles. The second kappa shape index (κ2) is 4.17. The number of hydrogen-bond acceptors (Lipinski definition) is 1. The van der Waals surface area contributed by atoms with Gasteiger partial charge in [-0.25, -0.2) is 0 Å². The Morgan fingerprint density at radius 2 is 2.12 bits per heavy atom. The number of rotatable bonds is 2. The Hall–Kier alpha value is -1.89. The van der Waals surface area contributed by atoms with E-state index in [0.717, 1.165) is 12.8 Å². The topological polar surface area (TPSA) is 12.4 Å². The van der Waals surface area contributed by atoms with Crippen molar-refractivity contribution in [2.24, 2.45) is 4.99 Å². The number of aryl methyl sites for hydroxylation is 1. The van der Waals surface area contributed by atoms with E-state index in [9.17, 15) is 0 Å². The van der Waals surface area contributed by atoms with Crippen molar-refractivity contribution in [3.8, 4) is 0 Å². The molecular formula is C16H15N. The van der Waals surface area contributed by atoms with E-state index >= 15 is 0 Å². The monoisotopic (exact) mass is 221 g/mol. The smallest absolute Gasteiger partial charge is 0.0632 e. The van der Waals surface area contributed by atoms with Crippen LogP contribution in [0.25, 0.3) is 16.8 Å². The van der Waals surface area contributed by atoms with E-state index in [-0.39, 0.29) is 0 Å². The van der Waals surface area contributed by atoms with Crippen molar-refractivity contribution in [2.75, 3.05) is 0 Å². The van der Waals surface area contributed by atoms with E-state index in [1.165, 1.54) is 27.5 Å². The highest BCUT2D eigenvalue weighted by atomic mass is 14.7. The average molecular weight is 221 g/mol. The zero-order chi connectivity index (χ0) is 11.7. The van der Waals surface area contributed by atoms with Gasteiger partial charge in [0, 0.05) is 0 Å². The lowest BCUT2D eigenvalue weighted by Gasteiger charge is -2.14. The molecule has 3 rings (SSSR count). The Bertz CT molecular complexity index is 608. The number of benzene rings is 2. The molecule has 0 aliphatic heterocycles. The van der Waals surface area contributed by atoms with Crippen molar-refractivity contribution in [1.29, 1.82) is 0 Å². The highest BCUT2D eigenvalue weighted by molar-refractivity contribution is 5.89. The van der Waals surface area contributed by atoms with Crippen LogP contribution in [0.2, 0.25) is 0 Å². The molecule has 0 radical (unpaired) electrons. The van der Waals surface area contributed by atoms with Crippen molar-refractivity contribution < 1.29 is 0 Å². The van der Waals surface area contributed by atoms with Crippen molar-refractivity contribution >= 4 is 23.6 Å². The summed E-state index contributed by atoms with van der Waals surface area (Å²) in [5, 5.41) is 2.71. The first-order valence-electron chi connectivity index (χ1n) is 6.02. The summed E-state index contributed by atoms with van der Waals surface area (Å²) in [6, 6.07) is 11.0. The Balaban J connectivity index is 2.20. The fraction of sp³-hybridized carbons (Fsp3) is 0.188. The lowest BCUT2D eigenvalue weighted by Crippen LogP contribution is -1.95. The molecule has 84 valence electrons. The second-order valence-electron chi connectivity index (χ2n) is 4.51. The van der Waals surface area contributed by atoms with E-state index in [1.54, 1.807) is 0 Å². The Labute approximate surface area is 102 Å². The number of hydrogen-bond donors (Lipinski definition) is 0.